The highest BCUT2D eigenvalue weighted by Gasteiger charge is 2.13. The van der Waals surface area contributed by atoms with Crippen molar-refractivity contribution in [2.24, 2.45) is 0 Å². The zero-order valence-electron chi connectivity index (χ0n) is 16.4. The van der Waals surface area contributed by atoms with Crippen LogP contribution < -0.4 is 25.6 Å². The first-order chi connectivity index (χ1) is 14.0. The average Bonchev–Trinajstić information content (AvgIpc) is 2.73. The summed E-state index contributed by atoms with van der Waals surface area (Å²) in [7, 11) is 1.47. The molecule has 0 atom stereocenters. The second kappa shape index (κ2) is 10.5. The van der Waals surface area contributed by atoms with E-state index in [1.165, 1.54) is 25.3 Å². The highest BCUT2D eigenvalue weighted by Crippen LogP contribution is 2.27. The van der Waals surface area contributed by atoms with Gasteiger partial charge in [0.05, 0.1) is 20.3 Å². The number of benzene rings is 2. The molecule has 0 aliphatic rings. The largest absolute Gasteiger partial charge is 0.493 e. The molecule has 0 fully saturated rings. The van der Waals surface area contributed by atoms with Crippen LogP contribution in [0.3, 0.4) is 0 Å². The second-order valence-corrected chi connectivity index (χ2v) is 5.63. The minimum Gasteiger partial charge on any atom is -0.493 e. The normalized spacial score (nSPS) is 9.90. The van der Waals surface area contributed by atoms with Crippen LogP contribution in [0.2, 0.25) is 0 Å². The summed E-state index contributed by atoms with van der Waals surface area (Å²) in [4.78, 5) is 35.8. The van der Waals surface area contributed by atoms with Gasteiger partial charge in [0.1, 0.15) is 0 Å². The van der Waals surface area contributed by atoms with Crippen LogP contribution in [0.1, 0.15) is 34.6 Å². The van der Waals surface area contributed by atoms with E-state index in [9.17, 15) is 14.4 Å². The molecule has 0 aliphatic carbocycles. The zero-order chi connectivity index (χ0) is 21.2. The van der Waals surface area contributed by atoms with Gasteiger partial charge in [-0.25, -0.2) is 4.79 Å². The minimum atomic E-state index is -0.581. The van der Waals surface area contributed by atoms with Crippen molar-refractivity contribution in [2.45, 2.75) is 13.8 Å². The summed E-state index contributed by atoms with van der Waals surface area (Å²) in [5, 5.41) is 2.52. The molecule has 3 amide bonds. The van der Waals surface area contributed by atoms with Gasteiger partial charge in [0.25, 0.3) is 11.8 Å². The number of ether oxygens (including phenoxy) is 3. The predicted molar refractivity (Wildman–Crippen MR) is 106 cm³/mol. The Kier molecular flexibility index (Phi) is 7.84. The number of anilines is 1. The van der Waals surface area contributed by atoms with Gasteiger partial charge in [0.2, 0.25) is 0 Å². The quantitative estimate of drug-likeness (QED) is 0.615. The van der Waals surface area contributed by atoms with Crippen molar-refractivity contribution >= 4 is 23.6 Å². The van der Waals surface area contributed by atoms with Gasteiger partial charge in [-0.3, -0.25) is 25.8 Å². The molecule has 29 heavy (non-hydrogen) atoms. The molecule has 2 rings (SSSR count). The molecule has 3 N–H and O–H groups in total. The number of hydrogen-bond donors (Lipinski definition) is 3. The summed E-state index contributed by atoms with van der Waals surface area (Å²) >= 11 is 0. The molecule has 2 aromatic carbocycles. The van der Waals surface area contributed by atoms with E-state index in [0.717, 1.165) is 0 Å². The van der Waals surface area contributed by atoms with Gasteiger partial charge < -0.3 is 14.2 Å². The molecule has 0 saturated carbocycles. The summed E-state index contributed by atoms with van der Waals surface area (Å²) in [6.07, 6.45) is -0.581. The average molecular weight is 401 g/mol. The monoisotopic (exact) mass is 401 g/mol. The van der Waals surface area contributed by atoms with Crippen molar-refractivity contribution in [3.05, 3.63) is 53.6 Å². The number of hydrazine groups is 1. The van der Waals surface area contributed by atoms with Gasteiger partial charge in [-0.05, 0) is 56.3 Å². The Hall–Kier alpha value is -3.75. The Bertz CT molecular complexity index is 867. The Labute approximate surface area is 168 Å². The standard InChI is InChI=1S/C20H23N3O6/c1-4-28-16-11-8-14(12-17(16)27-3)19(25)23-22-18(24)13-6-9-15(10-7-13)21-20(26)29-5-2/h6-12H,4-5H2,1-3H3,(H,21,26)(H,22,24)(H,23,25). The molecule has 9 nitrogen and oxygen atoms in total. The summed E-state index contributed by atoms with van der Waals surface area (Å²) in [5.74, 6) is -0.0955. The number of carbonyl (C=O) groups excluding carboxylic acids is 3. The molecule has 9 heteroatoms. The Morgan fingerprint density at radius 2 is 1.45 bits per heavy atom. The Balaban J connectivity index is 1.94. The Morgan fingerprint density at radius 1 is 0.828 bits per heavy atom. The van der Waals surface area contributed by atoms with E-state index >= 15 is 0 Å². The highest BCUT2D eigenvalue weighted by atomic mass is 16.5. The first-order valence-electron chi connectivity index (χ1n) is 8.93. The summed E-state index contributed by atoms with van der Waals surface area (Å²) in [6.45, 7) is 4.26. The van der Waals surface area contributed by atoms with E-state index in [1.54, 1.807) is 31.2 Å². The molecule has 0 saturated heterocycles. The lowest BCUT2D eigenvalue weighted by atomic mass is 10.2. The first kappa shape index (κ1) is 21.5. The molecular formula is C20H23N3O6. The van der Waals surface area contributed by atoms with Gasteiger partial charge >= 0.3 is 6.09 Å². The number of nitrogens with one attached hydrogen (secondary N) is 3. The van der Waals surface area contributed by atoms with Gasteiger partial charge in [0, 0.05) is 16.8 Å². The Morgan fingerprint density at radius 3 is 2.03 bits per heavy atom. The van der Waals surface area contributed by atoms with E-state index in [1.807, 2.05) is 6.92 Å². The van der Waals surface area contributed by atoms with Gasteiger partial charge in [-0.15, -0.1) is 0 Å². The van der Waals surface area contributed by atoms with E-state index in [4.69, 9.17) is 14.2 Å². The molecule has 0 spiro atoms. The van der Waals surface area contributed by atoms with E-state index < -0.39 is 17.9 Å². The van der Waals surface area contributed by atoms with E-state index in [2.05, 4.69) is 16.2 Å². The van der Waals surface area contributed by atoms with Crippen molar-refractivity contribution in [1.29, 1.82) is 0 Å². The minimum absolute atomic E-state index is 0.256. The highest BCUT2D eigenvalue weighted by molar-refractivity contribution is 5.99. The fourth-order valence-electron chi connectivity index (χ4n) is 2.33. The lowest BCUT2D eigenvalue weighted by molar-refractivity contribution is 0.0846. The van der Waals surface area contributed by atoms with Crippen molar-refractivity contribution in [3.63, 3.8) is 0 Å². The number of rotatable bonds is 7. The van der Waals surface area contributed by atoms with Crippen LogP contribution in [-0.2, 0) is 4.74 Å². The van der Waals surface area contributed by atoms with Crippen LogP contribution in [-0.4, -0.2) is 38.2 Å². The predicted octanol–water partition coefficient (Wildman–Crippen LogP) is 2.74. The van der Waals surface area contributed by atoms with Crippen LogP contribution in [0.25, 0.3) is 0 Å². The molecule has 154 valence electrons. The third-order valence-corrected chi connectivity index (χ3v) is 3.68. The maximum Gasteiger partial charge on any atom is 0.411 e. The first-order valence-corrected chi connectivity index (χ1v) is 8.93. The molecule has 0 radical (unpaired) electrons. The molecule has 2 aromatic rings. The number of methoxy groups -OCH3 is 1. The maximum atomic E-state index is 12.3. The molecule has 0 unspecified atom stereocenters. The second-order valence-electron chi connectivity index (χ2n) is 5.63. The van der Waals surface area contributed by atoms with E-state index in [-0.39, 0.29) is 6.61 Å². The van der Waals surface area contributed by atoms with E-state index in [0.29, 0.717) is 34.9 Å². The lowest BCUT2D eigenvalue weighted by Crippen LogP contribution is -2.41. The molecule has 0 aromatic heterocycles. The van der Waals surface area contributed by atoms with Crippen LogP contribution in [0.4, 0.5) is 10.5 Å². The van der Waals surface area contributed by atoms with Crippen molar-refractivity contribution in [2.75, 3.05) is 25.6 Å². The number of hydrogen-bond acceptors (Lipinski definition) is 6. The van der Waals surface area contributed by atoms with Crippen molar-refractivity contribution in [3.8, 4) is 11.5 Å². The summed E-state index contributed by atoms with van der Waals surface area (Å²) < 4.78 is 15.4. The van der Waals surface area contributed by atoms with Gasteiger partial charge in [-0.1, -0.05) is 0 Å². The van der Waals surface area contributed by atoms with Gasteiger partial charge in [-0.2, -0.15) is 0 Å². The number of carbonyl (C=O) groups is 3. The summed E-state index contributed by atoms with van der Waals surface area (Å²) in [5.41, 5.74) is 5.74. The SMILES string of the molecule is CCOC(=O)Nc1ccc(C(=O)NNC(=O)c2ccc(OCC)c(OC)c2)cc1. The van der Waals surface area contributed by atoms with Crippen LogP contribution in [0.5, 0.6) is 11.5 Å². The lowest BCUT2D eigenvalue weighted by Gasteiger charge is -2.12. The molecule has 0 bridgehead atoms. The summed E-state index contributed by atoms with van der Waals surface area (Å²) in [6, 6.07) is 10.8. The smallest absolute Gasteiger partial charge is 0.411 e. The zero-order valence-corrected chi connectivity index (χ0v) is 16.4. The van der Waals surface area contributed by atoms with Crippen LogP contribution >= 0.6 is 0 Å². The maximum absolute atomic E-state index is 12.3. The fraction of sp³-hybridized carbons (Fsp3) is 0.250. The topological polar surface area (TPSA) is 115 Å². The molecular weight excluding hydrogens is 378 g/mol. The fourth-order valence-corrected chi connectivity index (χ4v) is 2.33. The van der Waals surface area contributed by atoms with Crippen molar-refractivity contribution in [1.82, 2.24) is 10.9 Å². The third-order valence-electron chi connectivity index (χ3n) is 3.68. The van der Waals surface area contributed by atoms with Crippen LogP contribution in [0.15, 0.2) is 42.5 Å². The number of amides is 3. The molecule has 0 aliphatic heterocycles. The molecule has 0 heterocycles. The van der Waals surface area contributed by atoms with Crippen LogP contribution in [0, 0.1) is 0 Å². The van der Waals surface area contributed by atoms with Gasteiger partial charge in [0.15, 0.2) is 11.5 Å². The van der Waals surface area contributed by atoms with Crippen molar-refractivity contribution < 1.29 is 28.6 Å². The third kappa shape index (κ3) is 6.13.